The summed E-state index contributed by atoms with van der Waals surface area (Å²) >= 11 is 0. The van der Waals surface area contributed by atoms with Crippen LogP contribution in [-0.2, 0) is 23.2 Å². The van der Waals surface area contributed by atoms with Crippen LogP contribution in [0.4, 0.5) is 0 Å². The SMILES string of the molecule is CCC(C)C(C(=O)NNC(=O)Cn1c(C)cc2ccccc21)N1C(=O)c2ccccc2C1c1cn(C)c2ccccc12. The predicted molar refractivity (Wildman–Crippen MR) is 164 cm³/mol. The molecule has 0 aliphatic carbocycles. The molecule has 3 amide bonds. The zero-order valence-electron chi connectivity index (χ0n) is 24.3. The van der Waals surface area contributed by atoms with E-state index >= 15 is 0 Å². The highest BCUT2D eigenvalue weighted by Crippen LogP contribution is 2.44. The van der Waals surface area contributed by atoms with Crippen LogP contribution < -0.4 is 10.9 Å². The van der Waals surface area contributed by atoms with Crippen molar-refractivity contribution >= 4 is 39.5 Å². The van der Waals surface area contributed by atoms with Gasteiger partial charge in [0, 0.05) is 46.5 Å². The number of amides is 3. The number of para-hydroxylation sites is 2. The maximum absolute atomic E-state index is 14.0. The summed E-state index contributed by atoms with van der Waals surface area (Å²) in [6.07, 6.45) is 2.72. The summed E-state index contributed by atoms with van der Waals surface area (Å²) in [7, 11) is 1.99. The fraction of sp³-hybridized carbons (Fsp3) is 0.265. The van der Waals surface area contributed by atoms with Crippen molar-refractivity contribution in [2.45, 2.75) is 45.8 Å². The number of carbonyl (C=O) groups is 3. The summed E-state index contributed by atoms with van der Waals surface area (Å²) < 4.78 is 3.97. The van der Waals surface area contributed by atoms with Gasteiger partial charge in [-0.25, -0.2) is 0 Å². The second-order valence-corrected chi connectivity index (χ2v) is 11.2. The van der Waals surface area contributed by atoms with Crippen molar-refractivity contribution < 1.29 is 14.4 Å². The van der Waals surface area contributed by atoms with E-state index in [1.807, 2.05) is 99.1 Å². The smallest absolute Gasteiger partial charge is 0.261 e. The van der Waals surface area contributed by atoms with Crippen molar-refractivity contribution in [2.24, 2.45) is 13.0 Å². The molecule has 8 nitrogen and oxygen atoms in total. The number of rotatable bonds is 7. The van der Waals surface area contributed by atoms with Crippen LogP contribution in [0.3, 0.4) is 0 Å². The molecule has 3 unspecified atom stereocenters. The Bertz CT molecular complexity index is 1830. The first-order chi connectivity index (χ1) is 20.3. The third-order valence-corrected chi connectivity index (χ3v) is 8.62. The molecule has 8 heteroatoms. The number of hydrazine groups is 1. The molecule has 1 aliphatic heterocycles. The van der Waals surface area contributed by atoms with Crippen molar-refractivity contribution in [3.05, 3.63) is 107 Å². The topological polar surface area (TPSA) is 88.4 Å². The number of hydrogen-bond donors (Lipinski definition) is 2. The van der Waals surface area contributed by atoms with Crippen LogP contribution in [-0.4, -0.2) is 37.8 Å². The summed E-state index contributed by atoms with van der Waals surface area (Å²) in [5, 5.41) is 2.08. The normalized spacial score (nSPS) is 16.0. The van der Waals surface area contributed by atoms with E-state index in [0.29, 0.717) is 12.0 Å². The molecule has 5 aromatic rings. The number of aromatic nitrogens is 2. The monoisotopic (exact) mass is 561 g/mol. The van der Waals surface area contributed by atoms with E-state index in [4.69, 9.17) is 0 Å². The Hall–Kier alpha value is -4.85. The first kappa shape index (κ1) is 27.3. The maximum Gasteiger partial charge on any atom is 0.261 e. The van der Waals surface area contributed by atoms with Crippen LogP contribution in [0.2, 0.25) is 0 Å². The molecule has 214 valence electrons. The maximum atomic E-state index is 14.0. The Labute approximate surface area is 244 Å². The minimum absolute atomic E-state index is 0.0559. The fourth-order valence-corrected chi connectivity index (χ4v) is 6.36. The third kappa shape index (κ3) is 4.53. The molecule has 2 aromatic heterocycles. The van der Waals surface area contributed by atoms with Crippen molar-refractivity contribution in [3.8, 4) is 0 Å². The van der Waals surface area contributed by atoms with Crippen molar-refractivity contribution in [2.75, 3.05) is 0 Å². The van der Waals surface area contributed by atoms with Crippen LogP contribution in [0, 0.1) is 12.8 Å². The molecule has 2 N–H and O–H groups in total. The Morgan fingerprint density at radius 1 is 0.905 bits per heavy atom. The fourth-order valence-electron chi connectivity index (χ4n) is 6.36. The van der Waals surface area contributed by atoms with Crippen LogP contribution in [0.25, 0.3) is 21.8 Å². The van der Waals surface area contributed by atoms with Crippen LogP contribution in [0.15, 0.2) is 85.1 Å². The number of fused-ring (bicyclic) bond motifs is 3. The van der Waals surface area contributed by atoms with E-state index in [1.165, 1.54) is 0 Å². The van der Waals surface area contributed by atoms with Crippen LogP contribution >= 0.6 is 0 Å². The molecular formula is C34H35N5O3. The van der Waals surface area contributed by atoms with Crippen molar-refractivity contribution in [1.29, 1.82) is 0 Å². The van der Waals surface area contributed by atoms with Gasteiger partial charge in [0.15, 0.2) is 0 Å². The summed E-state index contributed by atoms with van der Waals surface area (Å²) in [6, 6.07) is 24.3. The molecule has 0 spiro atoms. The van der Waals surface area contributed by atoms with E-state index in [0.717, 1.165) is 38.6 Å². The number of benzene rings is 3. The first-order valence-electron chi connectivity index (χ1n) is 14.4. The van der Waals surface area contributed by atoms with E-state index < -0.39 is 18.0 Å². The van der Waals surface area contributed by atoms with E-state index in [9.17, 15) is 14.4 Å². The Morgan fingerprint density at radius 3 is 2.38 bits per heavy atom. The Morgan fingerprint density at radius 2 is 1.60 bits per heavy atom. The summed E-state index contributed by atoms with van der Waals surface area (Å²) in [5.74, 6) is -1.13. The summed E-state index contributed by atoms with van der Waals surface area (Å²) in [6.45, 7) is 5.98. The van der Waals surface area contributed by atoms with Gasteiger partial charge in [-0.3, -0.25) is 25.2 Å². The van der Waals surface area contributed by atoms with E-state index in [1.54, 1.807) is 4.90 Å². The lowest BCUT2D eigenvalue weighted by atomic mass is 9.93. The predicted octanol–water partition coefficient (Wildman–Crippen LogP) is 5.25. The van der Waals surface area contributed by atoms with Gasteiger partial charge in [0.1, 0.15) is 12.6 Å². The number of hydrogen-bond acceptors (Lipinski definition) is 3. The highest BCUT2D eigenvalue weighted by Gasteiger charge is 2.46. The number of nitrogens with zero attached hydrogens (tertiary/aromatic N) is 3. The van der Waals surface area contributed by atoms with Gasteiger partial charge in [-0.1, -0.05) is 74.9 Å². The van der Waals surface area contributed by atoms with Gasteiger partial charge in [0.25, 0.3) is 17.7 Å². The second-order valence-electron chi connectivity index (χ2n) is 11.2. The lowest BCUT2D eigenvalue weighted by Gasteiger charge is -2.36. The quantitative estimate of drug-likeness (QED) is 0.266. The average molecular weight is 562 g/mol. The van der Waals surface area contributed by atoms with E-state index in [-0.39, 0.29) is 24.3 Å². The molecule has 0 saturated carbocycles. The van der Waals surface area contributed by atoms with Crippen LogP contribution in [0.1, 0.15) is 53.5 Å². The molecule has 1 aliphatic rings. The summed E-state index contributed by atoms with van der Waals surface area (Å²) in [4.78, 5) is 42.7. The number of nitrogens with one attached hydrogen (secondary N) is 2. The van der Waals surface area contributed by atoms with Crippen molar-refractivity contribution in [1.82, 2.24) is 24.9 Å². The highest BCUT2D eigenvalue weighted by atomic mass is 16.2. The van der Waals surface area contributed by atoms with Gasteiger partial charge in [-0.05, 0) is 48.1 Å². The second kappa shape index (κ2) is 10.9. The van der Waals surface area contributed by atoms with E-state index in [2.05, 4.69) is 33.7 Å². The molecule has 0 radical (unpaired) electrons. The zero-order valence-corrected chi connectivity index (χ0v) is 24.3. The molecule has 3 heterocycles. The molecule has 0 saturated heterocycles. The molecule has 3 atom stereocenters. The Kier molecular flexibility index (Phi) is 7.06. The number of carbonyl (C=O) groups excluding carboxylic acids is 3. The Balaban J connectivity index is 1.31. The lowest BCUT2D eigenvalue weighted by molar-refractivity contribution is -0.133. The molecule has 42 heavy (non-hydrogen) atoms. The molecular weight excluding hydrogens is 526 g/mol. The number of aryl methyl sites for hydroxylation is 2. The molecule has 6 rings (SSSR count). The van der Waals surface area contributed by atoms with Crippen LogP contribution in [0.5, 0.6) is 0 Å². The van der Waals surface area contributed by atoms with Gasteiger partial charge in [-0.15, -0.1) is 0 Å². The van der Waals surface area contributed by atoms with Gasteiger partial charge in [-0.2, -0.15) is 0 Å². The minimum atomic E-state index is -0.812. The van der Waals surface area contributed by atoms with Crippen molar-refractivity contribution in [3.63, 3.8) is 0 Å². The lowest BCUT2D eigenvalue weighted by Crippen LogP contribution is -2.56. The molecule has 0 fully saturated rings. The largest absolute Gasteiger partial charge is 0.350 e. The third-order valence-electron chi connectivity index (χ3n) is 8.62. The van der Waals surface area contributed by atoms with Gasteiger partial charge >= 0.3 is 0 Å². The highest BCUT2D eigenvalue weighted by molar-refractivity contribution is 6.03. The van der Waals surface area contributed by atoms with Gasteiger partial charge in [0.05, 0.1) is 6.04 Å². The first-order valence-corrected chi connectivity index (χ1v) is 14.4. The summed E-state index contributed by atoms with van der Waals surface area (Å²) in [5.41, 5.74) is 10.7. The van der Waals surface area contributed by atoms with Gasteiger partial charge < -0.3 is 14.0 Å². The van der Waals surface area contributed by atoms with Gasteiger partial charge in [0.2, 0.25) is 0 Å². The molecule has 3 aromatic carbocycles. The standard InChI is InChI=1S/C34H35N5O3/c1-5-21(2)31(33(41)36-35-30(40)20-38-22(3)18-23-12-6-10-16-28(23)38)39-32(25-14-7-8-15-26(25)34(39)42)27-19-37(4)29-17-11-9-13-24(27)29/h6-19,21,31-32H,5,20H2,1-4H3,(H,35,40)(H,36,41). The average Bonchev–Trinajstić information content (AvgIpc) is 3.60. The minimum Gasteiger partial charge on any atom is -0.350 e. The molecule has 0 bridgehead atoms. The zero-order chi connectivity index (χ0) is 29.5.